The molecular weight excluding hydrogens is 448 g/mol. The number of carbonyl (C=O) groups is 1. The fourth-order valence-electron chi connectivity index (χ4n) is 3.70. The van der Waals surface area contributed by atoms with Gasteiger partial charge in [-0.25, -0.2) is 13.4 Å². The first-order valence-corrected chi connectivity index (χ1v) is 13.3. The molecule has 1 aliphatic rings. The maximum atomic E-state index is 13.4. The number of hydrogen-bond acceptors (Lipinski definition) is 7. The summed E-state index contributed by atoms with van der Waals surface area (Å²) in [4.78, 5) is 20.0. The van der Waals surface area contributed by atoms with Crippen LogP contribution in [0.4, 0.5) is 5.13 Å². The summed E-state index contributed by atoms with van der Waals surface area (Å²) in [6, 6.07) is 12.2. The first kappa shape index (κ1) is 22.7. The zero-order valence-electron chi connectivity index (χ0n) is 18.1. The van der Waals surface area contributed by atoms with E-state index < -0.39 is 9.84 Å². The van der Waals surface area contributed by atoms with Crippen molar-refractivity contribution in [3.8, 4) is 5.75 Å². The minimum atomic E-state index is -3.28. The summed E-state index contributed by atoms with van der Waals surface area (Å²) < 4.78 is 35.9. The molecule has 0 radical (unpaired) electrons. The molecular formula is C23H26N2O5S2. The molecule has 9 heteroatoms. The zero-order valence-corrected chi connectivity index (χ0v) is 19.7. The van der Waals surface area contributed by atoms with Crippen LogP contribution in [0.2, 0.25) is 0 Å². The van der Waals surface area contributed by atoms with Gasteiger partial charge >= 0.3 is 0 Å². The van der Waals surface area contributed by atoms with E-state index >= 15 is 0 Å². The molecule has 170 valence electrons. The molecule has 1 unspecified atom stereocenters. The number of fused-ring (bicyclic) bond motifs is 1. The van der Waals surface area contributed by atoms with E-state index in [0.717, 1.165) is 28.6 Å². The van der Waals surface area contributed by atoms with Gasteiger partial charge in [0.25, 0.3) is 0 Å². The average molecular weight is 475 g/mol. The van der Waals surface area contributed by atoms with E-state index in [9.17, 15) is 13.2 Å². The maximum absolute atomic E-state index is 13.4. The predicted octanol–water partition coefficient (Wildman–Crippen LogP) is 3.85. The fraction of sp³-hybridized carbons (Fsp3) is 0.391. The van der Waals surface area contributed by atoms with Gasteiger partial charge < -0.3 is 9.47 Å². The highest BCUT2D eigenvalue weighted by Crippen LogP contribution is 2.35. The van der Waals surface area contributed by atoms with Crippen LogP contribution in [0.1, 0.15) is 25.3 Å². The Balaban J connectivity index is 1.62. The molecule has 4 rings (SSSR count). The number of anilines is 1. The third-order valence-electron chi connectivity index (χ3n) is 5.32. The van der Waals surface area contributed by atoms with E-state index in [2.05, 4.69) is 0 Å². The smallest absolute Gasteiger partial charge is 0.233 e. The molecule has 0 saturated carbocycles. The van der Waals surface area contributed by atoms with E-state index in [0.29, 0.717) is 30.6 Å². The van der Waals surface area contributed by atoms with Gasteiger partial charge in [0.2, 0.25) is 5.91 Å². The van der Waals surface area contributed by atoms with Crippen LogP contribution in [0.15, 0.2) is 47.4 Å². The fourth-order valence-corrected chi connectivity index (χ4v) is 5.34. The van der Waals surface area contributed by atoms with Crippen molar-refractivity contribution < 1.29 is 22.7 Å². The Morgan fingerprint density at radius 3 is 2.69 bits per heavy atom. The van der Waals surface area contributed by atoms with Gasteiger partial charge in [0.1, 0.15) is 11.3 Å². The van der Waals surface area contributed by atoms with Crippen LogP contribution in [0.5, 0.6) is 5.75 Å². The monoisotopic (exact) mass is 474 g/mol. The highest BCUT2D eigenvalue weighted by atomic mass is 32.2. The van der Waals surface area contributed by atoms with E-state index in [1.54, 1.807) is 17.0 Å². The van der Waals surface area contributed by atoms with Gasteiger partial charge in [-0.2, -0.15) is 0 Å². The van der Waals surface area contributed by atoms with Crippen LogP contribution in [-0.2, 0) is 25.8 Å². The third-order valence-corrected chi connectivity index (χ3v) is 7.49. The van der Waals surface area contributed by atoms with Crippen LogP contribution in [0.25, 0.3) is 10.2 Å². The summed E-state index contributed by atoms with van der Waals surface area (Å²) in [6.45, 7) is 3.60. The Hall–Kier alpha value is -2.49. The Morgan fingerprint density at radius 2 is 2.03 bits per heavy atom. The van der Waals surface area contributed by atoms with Crippen molar-refractivity contribution in [1.29, 1.82) is 0 Å². The lowest BCUT2D eigenvalue weighted by Crippen LogP contribution is -2.38. The first-order valence-electron chi connectivity index (χ1n) is 10.6. The Morgan fingerprint density at radius 1 is 1.25 bits per heavy atom. The highest BCUT2D eigenvalue weighted by Gasteiger charge is 2.27. The SMILES string of the molecule is CCOc1cccc2sc(N(CC3CCCO3)C(=O)Cc3ccc(S(C)(=O)=O)cc3)nc12. The highest BCUT2D eigenvalue weighted by molar-refractivity contribution is 7.90. The number of carbonyl (C=O) groups excluding carboxylic acids is 1. The molecule has 1 amide bonds. The minimum Gasteiger partial charge on any atom is -0.492 e. The molecule has 1 atom stereocenters. The second-order valence-corrected chi connectivity index (χ2v) is 10.8. The molecule has 1 fully saturated rings. The number of rotatable bonds is 8. The van der Waals surface area contributed by atoms with Crippen LogP contribution in [0, 0.1) is 0 Å². The number of amides is 1. The summed E-state index contributed by atoms with van der Waals surface area (Å²) in [6.07, 6.45) is 3.17. The van der Waals surface area contributed by atoms with Crippen molar-refractivity contribution in [2.75, 3.05) is 30.9 Å². The molecule has 1 aromatic heterocycles. The lowest BCUT2D eigenvalue weighted by Gasteiger charge is -2.23. The number of aromatic nitrogens is 1. The van der Waals surface area contributed by atoms with Crippen LogP contribution < -0.4 is 9.64 Å². The molecule has 7 nitrogen and oxygen atoms in total. The van der Waals surface area contributed by atoms with Crippen molar-refractivity contribution in [3.63, 3.8) is 0 Å². The van der Waals surface area contributed by atoms with Gasteiger partial charge in [0.05, 0.1) is 35.3 Å². The van der Waals surface area contributed by atoms with Crippen LogP contribution >= 0.6 is 11.3 Å². The predicted molar refractivity (Wildman–Crippen MR) is 125 cm³/mol. The van der Waals surface area contributed by atoms with E-state index in [1.807, 2.05) is 25.1 Å². The molecule has 0 aliphatic carbocycles. The average Bonchev–Trinajstić information content (AvgIpc) is 3.42. The summed E-state index contributed by atoms with van der Waals surface area (Å²) in [5.74, 6) is 0.595. The number of sulfone groups is 1. The largest absolute Gasteiger partial charge is 0.492 e. The summed E-state index contributed by atoms with van der Waals surface area (Å²) in [5, 5.41) is 0.611. The topological polar surface area (TPSA) is 85.8 Å². The number of para-hydroxylation sites is 1. The molecule has 0 spiro atoms. The van der Waals surface area contributed by atoms with Crippen molar-refractivity contribution >= 4 is 42.4 Å². The van der Waals surface area contributed by atoms with Crippen molar-refractivity contribution in [3.05, 3.63) is 48.0 Å². The normalized spacial score (nSPS) is 16.4. The van der Waals surface area contributed by atoms with E-state index in [-0.39, 0.29) is 23.3 Å². The summed E-state index contributed by atoms with van der Waals surface area (Å²) in [7, 11) is -3.28. The lowest BCUT2D eigenvalue weighted by atomic mass is 10.1. The molecule has 2 heterocycles. The molecule has 0 bridgehead atoms. The van der Waals surface area contributed by atoms with Crippen molar-refractivity contribution in [2.45, 2.75) is 37.2 Å². The Bertz CT molecular complexity index is 1200. The second kappa shape index (κ2) is 9.56. The van der Waals surface area contributed by atoms with Gasteiger partial charge in [-0.3, -0.25) is 9.69 Å². The maximum Gasteiger partial charge on any atom is 0.233 e. The molecule has 2 aromatic carbocycles. The molecule has 1 saturated heterocycles. The van der Waals surface area contributed by atoms with Crippen molar-refractivity contribution in [1.82, 2.24) is 4.98 Å². The van der Waals surface area contributed by atoms with E-state index in [4.69, 9.17) is 14.5 Å². The zero-order chi connectivity index (χ0) is 22.7. The second-order valence-electron chi connectivity index (χ2n) is 7.76. The Labute approximate surface area is 191 Å². The number of benzene rings is 2. The molecule has 1 aliphatic heterocycles. The van der Waals surface area contributed by atoms with Crippen molar-refractivity contribution in [2.24, 2.45) is 0 Å². The van der Waals surface area contributed by atoms with Gasteiger partial charge in [-0.05, 0) is 49.6 Å². The van der Waals surface area contributed by atoms with Crippen LogP contribution in [0.3, 0.4) is 0 Å². The number of ether oxygens (including phenoxy) is 2. The number of hydrogen-bond donors (Lipinski definition) is 0. The lowest BCUT2D eigenvalue weighted by molar-refractivity contribution is -0.118. The Kier molecular flexibility index (Phi) is 6.78. The quantitative estimate of drug-likeness (QED) is 0.493. The third kappa shape index (κ3) is 5.11. The minimum absolute atomic E-state index is 0.0232. The standard InChI is InChI=1S/C23H26N2O5S2/c1-3-29-19-7-4-8-20-22(19)24-23(31-20)25(15-17-6-5-13-30-17)21(26)14-16-9-11-18(12-10-16)32(2,27)28/h4,7-12,17H,3,5-6,13-15H2,1-2H3. The number of thiazole rings is 1. The van der Waals surface area contributed by atoms with Crippen LogP contribution in [-0.4, -0.2) is 51.4 Å². The molecule has 3 aromatic rings. The summed E-state index contributed by atoms with van der Waals surface area (Å²) in [5.41, 5.74) is 1.49. The molecule has 0 N–H and O–H groups in total. The van der Waals surface area contributed by atoms with E-state index in [1.165, 1.54) is 29.7 Å². The van der Waals surface area contributed by atoms with Gasteiger partial charge in [-0.15, -0.1) is 0 Å². The molecule has 32 heavy (non-hydrogen) atoms. The van der Waals surface area contributed by atoms with Gasteiger partial charge in [0.15, 0.2) is 15.0 Å². The van der Waals surface area contributed by atoms with Gasteiger partial charge in [-0.1, -0.05) is 29.5 Å². The summed E-state index contributed by atoms with van der Waals surface area (Å²) >= 11 is 1.45. The first-order chi connectivity index (χ1) is 15.3. The van der Waals surface area contributed by atoms with Gasteiger partial charge in [0, 0.05) is 12.9 Å². The number of nitrogens with zero attached hydrogens (tertiary/aromatic N) is 2.